The molecule has 0 heterocycles. The fraction of sp³-hybridized carbons (Fsp3) is 0.417. The van der Waals surface area contributed by atoms with E-state index in [-0.39, 0.29) is 18.8 Å². The Morgan fingerprint density at radius 3 is 2.55 bits per heavy atom. The number of carbonyl (C=O) groups is 1. The molecule has 0 saturated heterocycles. The van der Waals surface area contributed by atoms with Crippen LogP contribution in [0.3, 0.4) is 0 Å². The maximum absolute atomic E-state index is 13.4. The molecule has 0 aromatic heterocycles. The number of nitro benzene ring substituents is 1. The lowest BCUT2D eigenvalue weighted by Gasteiger charge is -2.22. The van der Waals surface area contributed by atoms with Crippen molar-refractivity contribution < 1.29 is 24.3 Å². The molecular weight excluding hydrogens is 271 g/mol. The lowest BCUT2D eigenvalue weighted by Crippen LogP contribution is -2.27. The molecule has 0 aliphatic carbocycles. The van der Waals surface area contributed by atoms with Gasteiger partial charge >= 0.3 is 5.97 Å². The Morgan fingerprint density at radius 1 is 1.50 bits per heavy atom. The highest BCUT2D eigenvalue weighted by molar-refractivity contribution is 5.90. The van der Waals surface area contributed by atoms with Gasteiger partial charge in [-0.05, 0) is 6.07 Å². The fourth-order valence-corrected chi connectivity index (χ4v) is 1.41. The SMILES string of the molecule is CC(C)(CO)CNc1cc(C(=O)O)c(F)cc1[N+](=O)[O-]. The quantitative estimate of drug-likeness (QED) is 0.543. The largest absolute Gasteiger partial charge is 0.478 e. The molecule has 3 N–H and O–H groups in total. The van der Waals surface area contributed by atoms with Gasteiger partial charge < -0.3 is 15.5 Å². The monoisotopic (exact) mass is 286 g/mol. The molecule has 0 saturated carbocycles. The molecule has 0 unspecified atom stereocenters. The third kappa shape index (κ3) is 3.64. The zero-order valence-corrected chi connectivity index (χ0v) is 11.0. The van der Waals surface area contributed by atoms with Gasteiger partial charge in [-0.2, -0.15) is 0 Å². The van der Waals surface area contributed by atoms with E-state index in [0.717, 1.165) is 6.07 Å². The van der Waals surface area contributed by atoms with Gasteiger partial charge in [-0.15, -0.1) is 0 Å². The molecule has 110 valence electrons. The van der Waals surface area contributed by atoms with Crippen molar-refractivity contribution >= 4 is 17.3 Å². The van der Waals surface area contributed by atoms with Crippen molar-refractivity contribution in [1.82, 2.24) is 0 Å². The van der Waals surface area contributed by atoms with Crippen molar-refractivity contribution in [2.45, 2.75) is 13.8 Å². The third-order valence-electron chi connectivity index (χ3n) is 2.70. The molecule has 7 nitrogen and oxygen atoms in total. The fourth-order valence-electron chi connectivity index (χ4n) is 1.41. The minimum Gasteiger partial charge on any atom is -0.478 e. The first kappa shape index (κ1) is 15.8. The number of carboxylic acid groups (broad SMARTS) is 1. The maximum Gasteiger partial charge on any atom is 0.338 e. The summed E-state index contributed by atoms with van der Waals surface area (Å²) in [5.41, 5.74) is -1.87. The van der Waals surface area contributed by atoms with Gasteiger partial charge in [0.25, 0.3) is 5.69 Å². The van der Waals surface area contributed by atoms with E-state index in [9.17, 15) is 19.3 Å². The van der Waals surface area contributed by atoms with Crippen LogP contribution in [0.1, 0.15) is 24.2 Å². The number of nitrogens with one attached hydrogen (secondary N) is 1. The summed E-state index contributed by atoms with van der Waals surface area (Å²) < 4.78 is 13.4. The van der Waals surface area contributed by atoms with Crippen LogP contribution in [-0.4, -0.2) is 34.3 Å². The number of benzene rings is 1. The Morgan fingerprint density at radius 2 is 2.10 bits per heavy atom. The van der Waals surface area contributed by atoms with Crippen molar-refractivity contribution in [2.75, 3.05) is 18.5 Å². The van der Waals surface area contributed by atoms with Crippen LogP contribution in [0.2, 0.25) is 0 Å². The number of hydrogen-bond donors (Lipinski definition) is 3. The Bertz CT molecular complexity index is 545. The number of anilines is 1. The molecule has 0 bridgehead atoms. The average Bonchev–Trinajstić information content (AvgIpc) is 2.36. The molecule has 0 amide bonds. The van der Waals surface area contributed by atoms with E-state index < -0.39 is 33.4 Å². The van der Waals surface area contributed by atoms with Gasteiger partial charge in [0, 0.05) is 18.6 Å². The number of rotatable bonds is 6. The van der Waals surface area contributed by atoms with Crippen LogP contribution in [0.25, 0.3) is 0 Å². The second-order valence-corrected chi connectivity index (χ2v) is 5.09. The predicted octanol–water partition coefficient (Wildman–Crippen LogP) is 1.86. The maximum atomic E-state index is 13.4. The smallest absolute Gasteiger partial charge is 0.338 e. The van der Waals surface area contributed by atoms with Gasteiger partial charge in [0.2, 0.25) is 0 Å². The first-order chi connectivity index (χ1) is 9.18. The average molecular weight is 286 g/mol. The minimum absolute atomic E-state index is 0.102. The first-order valence-electron chi connectivity index (χ1n) is 5.74. The standard InChI is InChI=1S/C12H15FN2O5/c1-12(2,6-16)5-14-9-3-7(11(17)18)8(13)4-10(9)15(19)20/h3-4,14,16H,5-6H2,1-2H3,(H,17,18). The van der Waals surface area contributed by atoms with Gasteiger partial charge in [-0.3, -0.25) is 10.1 Å². The normalized spacial score (nSPS) is 11.2. The highest BCUT2D eigenvalue weighted by Gasteiger charge is 2.23. The summed E-state index contributed by atoms with van der Waals surface area (Å²) in [4.78, 5) is 20.9. The first-order valence-corrected chi connectivity index (χ1v) is 5.74. The molecule has 0 aliphatic rings. The van der Waals surface area contributed by atoms with Crippen molar-refractivity contribution in [2.24, 2.45) is 5.41 Å². The molecule has 8 heteroatoms. The number of aliphatic hydroxyl groups is 1. The summed E-state index contributed by atoms with van der Waals surface area (Å²) >= 11 is 0. The number of nitrogens with zero attached hydrogens (tertiary/aromatic N) is 1. The predicted molar refractivity (Wildman–Crippen MR) is 69.4 cm³/mol. The summed E-state index contributed by atoms with van der Waals surface area (Å²) in [7, 11) is 0. The van der Waals surface area contributed by atoms with E-state index in [2.05, 4.69) is 5.32 Å². The van der Waals surface area contributed by atoms with Crippen LogP contribution in [0.4, 0.5) is 15.8 Å². The third-order valence-corrected chi connectivity index (χ3v) is 2.70. The molecule has 20 heavy (non-hydrogen) atoms. The second-order valence-electron chi connectivity index (χ2n) is 5.09. The van der Waals surface area contributed by atoms with Gasteiger partial charge in [-0.25, -0.2) is 9.18 Å². The molecule has 0 spiro atoms. The number of hydrogen-bond acceptors (Lipinski definition) is 5. The van der Waals surface area contributed by atoms with E-state index in [1.165, 1.54) is 0 Å². The van der Waals surface area contributed by atoms with Crippen molar-refractivity contribution in [1.29, 1.82) is 0 Å². The summed E-state index contributed by atoms with van der Waals surface area (Å²) in [5.74, 6) is -2.68. The van der Waals surface area contributed by atoms with Crippen molar-refractivity contribution in [3.8, 4) is 0 Å². The van der Waals surface area contributed by atoms with Crippen molar-refractivity contribution in [3.05, 3.63) is 33.6 Å². The Balaban J connectivity index is 3.18. The molecule has 1 aromatic carbocycles. The molecule has 1 aromatic rings. The number of aromatic carboxylic acids is 1. The van der Waals surface area contributed by atoms with E-state index in [0.29, 0.717) is 6.07 Å². The molecule has 0 atom stereocenters. The molecule has 0 aliphatic heterocycles. The van der Waals surface area contributed by atoms with Crippen molar-refractivity contribution in [3.63, 3.8) is 0 Å². The zero-order chi connectivity index (χ0) is 15.5. The minimum atomic E-state index is -1.51. The molecular formula is C12H15FN2O5. The number of carboxylic acids is 1. The Labute approximate surface area is 114 Å². The van der Waals surface area contributed by atoms with E-state index in [4.69, 9.17) is 10.2 Å². The summed E-state index contributed by atoms with van der Waals surface area (Å²) in [6, 6.07) is 1.45. The summed E-state index contributed by atoms with van der Waals surface area (Å²) in [6.07, 6.45) is 0. The number of halogens is 1. The van der Waals surface area contributed by atoms with E-state index in [1.807, 2.05) is 0 Å². The molecule has 0 radical (unpaired) electrons. The van der Waals surface area contributed by atoms with Crippen LogP contribution in [0.15, 0.2) is 12.1 Å². The van der Waals surface area contributed by atoms with Gasteiger partial charge in [0.15, 0.2) is 0 Å². The lowest BCUT2D eigenvalue weighted by molar-refractivity contribution is -0.384. The van der Waals surface area contributed by atoms with Gasteiger partial charge in [-0.1, -0.05) is 13.8 Å². The zero-order valence-electron chi connectivity index (χ0n) is 11.0. The van der Waals surface area contributed by atoms with E-state index >= 15 is 0 Å². The highest BCUT2D eigenvalue weighted by Crippen LogP contribution is 2.29. The topological polar surface area (TPSA) is 113 Å². The van der Waals surface area contributed by atoms with Crippen LogP contribution < -0.4 is 5.32 Å². The van der Waals surface area contributed by atoms with E-state index in [1.54, 1.807) is 13.8 Å². The highest BCUT2D eigenvalue weighted by atomic mass is 19.1. The lowest BCUT2D eigenvalue weighted by atomic mass is 9.95. The molecule has 1 rings (SSSR count). The van der Waals surface area contributed by atoms with Crippen LogP contribution in [0, 0.1) is 21.3 Å². The van der Waals surface area contributed by atoms with Crippen LogP contribution in [0.5, 0.6) is 0 Å². The Hall–Kier alpha value is -2.22. The van der Waals surface area contributed by atoms with Gasteiger partial charge in [0.1, 0.15) is 11.5 Å². The second kappa shape index (κ2) is 5.83. The van der Waals surface area contributed by atoms with Crippen LogP contribution in [-0.2, 0) is 0 Å². The number of aliphatic hydroxyl groups excluding tert-OH is 1. The summed E-state index contributed by atoms with van der Waals surface area (Å²) in [5, 5.41) is 31.5. The Kier molecular flexibility index (Phi) is 4.61. The summed E-state index contributed by atoms with van der Waals surface area (Å²) in [6.45, 7) is 3.43. The van der Waals surface area contributed by atoms with Gasteiger partial charge in [0.05, 0.1) is 16.6 Å². The molecule has 0 fully saturated rings. The van der Waals surface area contributed by atoms with Crippen LogP contribution >= 0.6 is 0 Å². The number of nitro groups is 1.